The fraction of sp³-hybridized carbons (Fsp3) is 0.250. The molecule has 0 saturated carbocycles. The van der Waals surface area contributed by atoms with Gasteiger partial charge in [0.1, 0.15) is 0 Å². The number of benzene rings is 1. The minimum absolute atomic E-state index is 0.217. The molecule has 3 amide bonds. The third-order valence-electron chi connectivity index (χ3n) is 2.79. The second-order valence-electron chi connectivity index (χ2n) is 4.26. The van der Waals surface area contributed by atoms with E-state index in [1.807, 2.05) is 0 Å². The number of imide groups is 1. The molecule has 1 atom stereocenters. The molecule has 0 aromatic heterocycles. The predicted molar refractivity (Wildman–Crippen MR) is 92.5 cm³/mol. The molecule has 0 radical (unpaired) electrons. The highest BCUT2D eigenvalue weighted by molar-refractivity contribution is 9.11. The van der Waals surface area contributed by atoms with Crippen LogP contribution >= 0.6 is 62.3 Å². The van der Waals surface area contributed by atoms with E-state index in [2.05, 4.69) is 20.9 Å². The molecular weight excluding hydrogens is 440 g/mol. The summed E-state index contributed by atoms with van der Waals surface area (Å²) in [6, 6.07) is 5.92. The lowest BCUT2D eigenvalue weighted by Gasteiger charge is -2.19. The molecule has 22 heavy (non-hydrogen) atoms. The van der Waals surface area contributed by atoms with Gasteiger partial charge in [-0.15, -0.1) is 0 Å². The number of likely N-dealkylation sites (N-methyl/N-ethyl adjacent to an activating group) is 1. The van der Waals surface area contributed by atoms with E-state index in [1.165, 1.54) is 7.05 Å². The van der Waals surface area contributed by atoms with Crippen LogP contribution in [0.4, 0.5) is 10.5 Å². The van der Waals surface area contributed by atoms with Gasteiger partial charge in [0.05, 0.1) is 10.7 Å². The fourth-order valence-electron chi connectivity index (χ4n) is 1.72. The molecule has 2 rings (SSSR count). The topological polar surface area (TPSA) is 53.0 Å². The van der Waals surface area contributed by atoms with Crippen LogP contribution in [0, 0.1) is 0 Å². The highest BCUT2D eigenvalue weighted by Crippen LogP contribution is 2.38. The molecule has 1 fully saturated rings. The van der Waals surface area contributed by atoms with E-state index in [-0.39, 0.29) is 10.9 Å². The number of carbonyl (C=O) groups is 2. The molecular formula is C12H8BrCl4N3O2. The molecule has 0 spiro atoms. The van der Waals surface area contributed by atoms with E-state index in [0.29, 0.717) is 5.69 Å². The lowest BCUT2D eigenvalue weighted by atomic mass is 10.3. The van der Waals surface area contributed by atoms with Crippen molar-refractivity contribution in [3.8, 4) is 0 Å². The Morgan fingerprint density at radius 3 is 2.41 bits per heavy atom. The second kappa shape index (κ2) is 6.53. The Labute approximate surface area is 154 Å². The molecule has 118 valence electrons. The summed E-state index contributed by atoms with van der Waals surface area (Å²) in [5.41, 5.74) is -0.905. The van der Waals surface area contributed by atoms with E-state index in [9.17, 15) is 9.59 Å². The molecule has 5 nitrogen and oxygen atoms in total. The minimum atomic E-state index is -1.60. The number of amides is 3. The van der Waals surface area contributed by atoms with Gasteiger partial charge >= 0.3 is 6.03 Å². The highest BCUT2D eigenvalue weighted by Gasteiger charge is 2.43. The molecule has 1 heterocycles. The van der Waals surface area contributed by atoms with Crippen LogP contribution in [0.2, 0.25) is 5.02 Å². The Morgan fingerprint density at radius 2 is 1.86 bits per heavy atom. The summed E-state index contributed by atoms with van der Waals surface area (Å²) < 4.78 is -1.60. The van der Waals surface area contributed by atoms with E-state index < -0.39 is 20.7 Å². The summed E-state index contributed by atoms with van der Waals surface area (Å²) in [5.74, 6) is -0.855. The summed E-state index contributed by atoms with van der Waals surface area (Å²) in [6.45, 7) is 0. The number of hydrogen-bond acceptors (Lipinski definition) is 3. The van der Waals surface area contributed by atoms with E-state index in [1.54, 1.807) is 24.3 Å². The zero-order valence-electron chi connectivity index (χ0n) is 10.9. The summed E-state index contributed by atoms with van der Waals surface area (Å²) >= 11 is 26.6. The van der Waals surface area contributed by atoms with Crippen molar-refractivity contribution in [3.05, 3.63) is 29.3 Å². The predicted octanol–water partition coefficient (Wildman–Crippen LogP) is 4.23. The van der Waals surface area contributed by atoms with Crippen LogP contribution < -0.4 is 4.90 Å². The smallest absolute Gasteiger partial charge is 0.265 e. The van der Waals surface area contributed by atoms with Crippen molar-refractivity contribution < 1.29 is 9.59 Å². The molecule has 10 heteroatoms. The summed E-state index contributed by atoms with van der Waals surface area (Å²) in [5, 5.41) is 0.277. The van der Waals surface area contributed by atoms with Crippen molar-refractivity contribution in [3.63, 3.8) is 0 Å². The number of nitrogens with zero attached hydrogens (tertiary/aromatic N) is 3. The van der Waals surface area contributed by atoms with Crippen molar-refractivity contribution in [2.45, 2.75) is 8.74 Å². The molecule has 1 aromatic carbocycles. The zero-order chi connectivity index (χ0) is 16.7. The first-order valence-corrected chi connectivity index (χ1v) is 8.16. The van der Waals surface area contributed by atoms with Crippen LogP contribution in [0.15, 0.2) is 29.3 Å². The Morgan fingerprint density at radius 1 is 1.27 bits per heavy atom. The Kier molecular flexibility index (Phi) is 5.29. The van der Waals surface area contributed by atoms with Gasteiger partial charge in [-0.1, -0.05) is 58.5 Å². The first kappa shape index (κ1) is 17.8. The molecule has 1 aromatic rings. The molecule has 0 N–H and O–H groups in total. The highest BCUT2D eigenvalue weighted by atomic mass is 79.9. The number of halogens is 5. The van der Waals surface area contributed by atoms with E-state index in [0.717, 1.165) is 9.80 Å². The largest absolute Gasteiger partial charge is 0.337 e. The van der Waals surface area contributed by atoms with Crippen molar-refractivity contribution in [2.75, 3.05) is 11.9 Å². The quantitative estimate of drug-likeness (QED) is 0.395. The van der Waals surface area contributed by atoms with Crippen LogP contribution in [0.3, 0.4) is 0 Å². The van der Waals surface area contributed by atoms with Crippen LogP contribution in [-0.2, 0) is 4.79 Å². The summed E-state index contributed by atoms with van der Waals surface area (Å²) in [4.78, 5) is 30.4. The maximum absolute atomic E-state index is 12.3. The lowest BCUT2D eigenvalue weighted by molar-refractivity contribution is -0.119. The number of anilines is 1. The standard InChI is InChI=1S/C12H8BrCl4N3O2/c1-19-9(21)8(18-10(15)12(13,16)17)20(11(19)22)7-5-3-2-4-6(7)14/h2-5,10H,1H3. The fourth-order valence-corrected chi connectivity index (χ4v) is 2.23. The average Bonchev–Trinajstić information content (AvgIpc) is 2.63. The monoisotopic (exact) mass is 445 g/mol. The number of rotatable bonds is 3. The summed E-state index contributed by atoms with van der Waals surface area (Å²) in [7, 11) is 1.32. The maximum Gasteiger partial charge on any atom is 0.337 e. The number of urea groups is 1. The van der Waals surface area contributed by atoms with Gasteiger partial charge in [0.15, 0.2) is 5.50 Å². The van der Waals surface area contributed by atoms with Crippen molar-refractivity contribution >= 4 is 85.8 Å². The number of alkyl halides is 4. The maximum atomic E-state index is 12.3. The van der Waals surface area contributed by atoms with Crippen molar-refractivity contribution in [1.82, 2.24) is 4.90 Å². The first-order chi connectivity index (χ1) is 10.1. The lowest BCUT2D eigenvalue weighted by Crippen LogP contribution is -2.33. The molecule has 1 saturated heterocycles. The van der Waals surface area contributed by atoms with Gasteiger partial charge in [-0.2, -0.15) is 0 Å². The Hall–Kier alpha value is -0.530. The number of aliphatic imine (C=N–C) groups is 1. The normalized spacial score (nSPS) is 19.3. The van der Waals surface area contributed by atoms with Gasteiger partial charge < -0.3 is 0 Å². The van der Waals surface area contributed by atoms with Gasteiger partial charge in [0.2, 0.25) is 9.08 Å². The first-order valence-electron chi connectivity index (χ1n) is 5.80. The van der Waals surface area contributed by atoms with E-state index >= 15 is 0 Å². The van der Waals surface area contributed by atoms with Crippen LogP contribution in [0.25, 0.3) is 0 Å². The Bertz CT molecular complexity index is 662. The summed E-state index contributed by atoms with van der Waals surface area (Å²) in [6.07, 6.45) is 0. The number of para-hydroxylation sites is 1. The molecule has 0 bridgehead atoms. The van der Waals surface area contributed by atoms with Gasteiger partial charge in [-0.05, 0) is 28.1 Å². The average molecular weight is 448 g/mol. The molecule has 0 aliphatic carbocycles. The van der Waals surface area contributed by atoms with Crippen LogP contribution in [-0.4, -0.2) is 38.5 Å². The van der Waals surface area contributed by atoms with Gasteiger partial charge in [0, 0.05) is 7.05 Å². The molecule has 1 unspecified atom stereocenters. The third-order valence-corrected chi connectivity index (χ3v) is 4.86. The second-order valence-corrected chi connectivity index (χ2v) is 8.63. The van der Waals surface area contributed by atoms with Crippen molar-refractivity contribution in [2.24, 2.45) is 4.99 Å². The number of hydrogen-bond donors (Lipinski definition) is 0. The number of carbonyl (C=O) groups excluding carboxylic acids is 2. The molecule has 1 aliphatic heterocycles. The van der Waals surface area contributed by atoms with Gasteiger partial charge in [-0.25, -0.2) is 14.7 Å². The van der Waals surface area contributed by atoms with Crippen LogP contribution in [0.5, 0.6) is 0 Å². The van der Waals surface area contributed by atoms with Gasteiger partial charge in [-0.3, -0.25) is 9.69 Å². The van der Waals surface area contributed by atoms with Gasteiger partial charge in [0.25, 0.3) is 5.91 Å². The zero-order valence-corrected chi connectivity index (χ0v) is 15.5. The van der Waals surface area contributed by atoms with E-state index in [4.69, 9.17) is 46.4 Å². The van der Waals surface area contributed by atoms with Crippen LogP contribution in [0.1, 0.15) is 0 Å². The number of amidine groups is 1. The Balaban J connectivity index is 2.54. The van der Waals surface area contributed by atoms with Crippen molar-refractivity contribution in [1.29, 1.82) is 0 Å². The minimum Gasteiger partial charge on any atom is -0.265 e. The molecule has 1 aliphatic rings. The third kappa shape index (κ3) is 3.36. The SMILES string of the molecule is CN1C(=O)C(=NC(Cl)C(Cl)(Cl)Br)N(c2ccccc2Cl)C1=O.